The topological polar surface area (TPSA) is 196 Å². The molecule has 0 aromatic carbocycles. The smallest absolute Gasteiger partial charge is 0.326 e. The summed E-state index contributed by atoms with van der Waals surface area (Å²) in [7, 11) is 0. The van der Waals surface area contributed by atoms with Crippen molar-refractivity contribution in [1.29, 1.82) is 0 Å². The predicted molar refractivity (Wildman–Crippen MR) is 85.6 cm³/mol. The van der Waals surface area contributed by atoms with Crippen molar-refractivity contribution in [3.05, 3.63) is 0 Å². The van der Waals surface area contributed by atoms with Gasteiger partial charge in [-0.25, -0.2) is 9.59 Å². The van der Waals surface area contributed by atoms with Gasteiger partial charge in [-0.3, -0.25) is 14.4 Å². The highest BCUT2D eigenvalue weighted by Gasteiger charge is 2.19. The second kappa shape index (κ2) is 13.7. The highest BCUT2D eigenvalue weighted by atomic mass is 16.4. The van der Waals surface area contributed by atoms with Crippen molar-refractivity contribution < 1.29 is 39.3 Å². The maximum absolute atomic E-state index is 10.5. The maximum Gasteiger partial charge on any atom is 0.326 e. The van der Waals surface area contributed by atoms with Crippen molar-refractivity contribution >= 4 is 29.7 Å². The Morgan fingerprint density at radius 1 is 0.840 bits per heavy atom. The van der Waals surface area contributed by atoms with E-state index in [1.807, 2.05) is 0 Å². The summed E-state index contributed by atoms with van der Waals surface area (Å²) in [4.78, 5) is 52.0. The lowest BCUT2D eigenvalue weighted by Gasteiger charge is -2.11. The molecule has 7 N–H and O–H groups in total. The molecular formula is C14H25N3O8. The van der Waals surface area contributed by atoms with Crippen molar-refractivity contribution in [2.24, 2.45) is 5.73 Å². The van der Waals surface area contributed by atoms with Crippen LogP contribution in [0.3, 0.4) is 0 Å². The van der Waals surface area contributed by atoms with E-state index in [9.17, 15) is 24.0 Å². The van der Waals surface area contributed by atoms with Crippen LogP contribution in [0.5, 0.6) is 0 Å². The predicted octanol–water partition coefficient (Wildman–Crippen LogP) is -1.24. The fraction of sp³-hybridized carbons (Fsp3) is 0.643. The molecule has 25 heavy (non-hydrogen) atoms. The molecule has 0 spiro atoms. The molecule has 0 rings (SSSR count). The van der Waals surface area contributed by atoms with E-state index in [0.29, 0.717) is 19.4 Å². The molecule has 0 aromatic heterocycles. The summed E-state index contributed by atoms with van der Waals surface area (Å²) in [5.41, 5.74) is 5.20. The summed E-state index contributed by atoms with van der Waals surface area (Å²) in [6.45, 7) is 2.90. The number of carbonyl (C=O) groups is 5. The fourth-order valence-electron chi connectivity index (χ4n) is 1.60. The van der Waals surface area contributed by atoms with Gasteiger partial charge in [0.15, 0.2) is 0 Å². The van der Waals surface area contributed by atoms with Crippen LogP contribution < -0.4 is 16.4 Å². The largest absolute Gasteiger partial charge is 0.481 e. The lowest BCUT2D eigenvalue weighted by Crippen LogP contribution is -2.39. The monoisotopic (exact) mass is 363 g/mol. The van der Waals surface area contributed by atoms with Gasteiger partial charge >= 0.3 is 17.9 Å². The average molecular weight is 363 g/mol. The van der Waals surface area contributed by atoms with Crippen molar-refractivity contribution in [3.8, 4) is 0 Å². The number of rotatable bonds is 10. The summed E-state index contributed by atoms with van der Waals surface area (Å²) in [5, 5.41) is 29.8. The Balaban J connectivity index is 0. The Bertz CT molecular complexity index is 481. The first-order valence-electron chi connectivity index (χ1n) is 7.42. The van der Waals surface area contributed by atoms with Crippen LogP contribution in [0, 0.1) is 0 Å². The van der Waals surface area contributed by atoms with Gasteiger partial charge in [0.1, 0.15) is 12.1 Å². The van der Waals surface area contributed by atoms with Crippen LogP contribution in [0.25, 0.3) is 0 Å². The molecule has 0 aliphatic heterocycles. The van der Waals surface area contributed by atoms with Gasteiger partial charge in [0.2, 0.25) is 11.8 Å². The summed E-state index contributed by atoms with van der Waals surface area (Å²) < 4.78 is 0. The molecule has 0 heterocycles. The second-order valence-corrected chi connectivity index (χ2v) is 5.05. The molecule has 2 amide bonds. The van der Waals surface area contributed by atoms with Gasteiger partial charge < -0.3 is 31.7 Å². The molecule has 11 nitrogen and oxygen atoms in total. The zero-order valence-electron chi connectivity index (χ0n) is 14.2. The molecule has 2 atom stereocenters. The normalized spacial score (nSPS) is 12.0. The molecule has 144 valence electrons. The highest BCUT2D eigenvalue weighted by molar-refractivity contribution is 5.82. The first kappa shape index (κ1) is 24.6. The number of nitrogens with two attached hydrogens (primary N) is 1. The third kappa shape index (κ3) is 16.0. The van der Waals surface area contributed by atoms with Gasteiger partial charge in [-0.2, -0.15) is 0 Å². The van der Waals surface area contributed by atoms with E-state index in [0.717, 1.165) is 0 Å². The number of amides is 2. The molecule has 0 aliphatic rings. The highest BCUT2D eigenvalue weighted by Crippen LogP contribution is 1.97. The molecule has 0 saturated heterocycles. The van der Waals surface area contributed by atoms with E-state index in [1.54, 1.807) is 0 Å². The molecule has 0 aliphatic carbocycles. The number of nitrogens with one attached hydrogen (secondary N) is 2. The van der Waals surface area contributed by atoms with Gasteiger partial charge in [-0.05, 0) is 25.8 Å². The number of carboxylic acid groups (broad SMARTS) is 3. The molecule has 11 heteroatoms. The zero-order chi connectivity index (χ0) is 20.0. The van der Waals surface area contributed by atoms with E-state index in [4.69, 9.17) is 21.1 Å². The van der Waals surface area contributed by atoms with E-state index >= 15 is 0 Å². The van der Waals surface area contributed by atoms with E-state index in [1.165, 1.54) is 13.8 Å². The van der Waals surface area contributed by atoms with Crippen molar-refractivity contribution in [1.82, 2.24) is 10.6 Å². The zero-order valence-corrected chi connectivity index (χ0v) is 14.2. The van der Waals surface area contributed by atoms with Crippen LogP contribution in [0.15, 0.2) is 0 Å². The Kier molecular flexibility index (Phi) is 13.5. The number of carbonyl (C=O) groups excluding carboxylic acids is 2. The van der Waals surface area contributed by atoms with Crippen LogP contribution in [0.1, 0.15) is 39.5 Å². The third-order valence-corrected chi connectivity index (χ3v) is 2.69. The average Bonchev–Trinajstić information content (AvgIpc) is 2.47. The summed E-state index contributed by atoms with van der Waals surface area (Å²) >= 11 is 0. The van der Waals surface area contributed by atoms with Gasteiger partial charge in [-0.1, -0.05) is 0 Å². The number of hydrogen-bond acceptors (Lipinski definition) is 6. The first-order chi connectivity index (χ1) is 11.5. The molecular weight excluding hydrogens is 338 g/mol. The Morgan fingerprint density at radius 3 is 1.52 bits per heavy atom. The molecule has 0 saturated carbocycles. The fourth-order valence-corrected chi connectivity index (χ4v) is 1.60. The number of aliphatic carboxylic acids is 3. The Labute approximate surface area is 144 Å². The minimum atomic E-state index is -1.23. The summed E-state index contributed by atoms with van der Waals surface area (Å²) in [6.07, 6.45) is 0.587. The van der Waals surface area contributed by atoms with E-state index in [-0.39, 0.29) is 18.7 Å². The lowest BCUT2D eigenvalue weighted by molar-refractivity contribution is -0.143. The van der Waals surface area contributed by atoms with E-state index in [2.05, 4.69) is 10.6 Å². The summed E-state index contributed by atoms with van der Waals surface area (Å²) in [5.74, 6) is -4.15. The minimum Gasteiger partial charge on any atom is -0.481 e. The van der Waals surface area contributed by atoms with Crippen LogP contribution >= 0.6 is 0 Å². The minimum absolute atomic E-state index is 0.107. The van der Waals surface area contributed by atoms with Gasteiger partial charge in [0, 0.05) is 20.3 Å². The molecule has 0 unspecified atom stereocenters. The quantitative estimate of drug-likeness (QED) is 0.275. The van der Waals surface area contributed by atoms with Gasteiger partial charge in [-0.15, -0.1) is 0 Å². The molecule has 0 radical (unpaired) electrons. The van der Waals surface area contributed by atoms with Gasteiger partial charge in [0.05, 0.1) is 0 Å². The Morgan fingerprint density at radius 2 is 1.24 bits per heavy atom. The van der Waals surface area contributed by atoms with Crippen LogP contribution in [-0.4, -0.2) is 63.7 Å². The van der Waals surface area contributed by atoms with Crippen molar-refractivity contribution in [2.75, 3.05) is 6.54 Å². The van der Waals surface area contributed by atoms with Crippen LogP contribution in [0.2, 0.25) is 0 Å². The second-order valence-electron chi connectivity index (χ2n) is 5.05. The van der Waals surface area contributed by atoms with Crippen molar-refractivity contribution in [2.45, 2.75) is 51.6 Å². The van der Waals surface area contributed by atoms with Crippen LogP contribution in [-0.2, 0) is 24.0 Å². The number of hydrogen-bond donors (Lipinski definition) is 6. The van der Waals surface area contributed by atoms with E-state index < -0.39 is 35.9 Å². The van der Waals surface area contributed by atoms with Crippen LogP contribution in [0.4, 0.5) is 0 Å². The standard InChI is InChI=1S/C7H14N2O3.C7H11NO5/c1-5(10)9-6(7(11)12)3-2-4-8;1-4(9)8-5(7(12)13)2-3-6(10)11/h6H,2-4,8H2,1H3,(H,9,10)(H,11,12);5H,2-3H2,1H3,(H,8,9)(H,10,11)(H,12,13)/t6-;5-/m00/s1. The lowest BCUT2D eigenvalue weighted by atomic mass is 10.1. The SMILES string of the molecule is CC(=O)N[C@@H](CCC(=O)O)C(=O)O.CC(=O)N[C@@H](CCCN)C(=O)O. The Hall–Kier alpha value is -2.69. The third-order valence-electron chi connectivity index (χ3n) is 2.69. The summed E-state index contributed by atoms with van der Waals surface area (Å²) in [6, 6.07) is -1.92. The molecule has 0 fully saturated rings. The van der Waals surface area contributed by atoms with Gasteiger partial charge in [0.25, 0.3) is 0 Å². The van der Waals surface area contributed by atoms with Crippen molar-refractivity contribution in [3.63, 3.8) is 0 Å². The molecule has 0 bridgehead atoms. The molecule has 0 aromatic rings. The first-order valence-corrected chi connectivity index (χ1v) is 7.42. The number of carboxylic acids is 3. The maximum atomic E-state index is 10.5.